The van der Waals surface area contributed by atoms with Crippen LogP contribution in [0.5, 0.6) is 28.7 Å². The van der Waals surface area contributed by atoms with Gasteiger partial charge in [0.15, 0.2) is 29.6 Å². The summed E-state index contributed by atoms with van der Waals surface area (Å²) < 4.78 is 27.6. The third-order valence-electron chi connectivity index (χ3n) is 5.82. The molecule has 3 aromatic carbocycles. The fourth-order valence-corrected chi connectivity index (χ4v) is 4.77. The number of rotatable bonds is 13. The summed E-state index contributed by atoms with van der Waals surface area (Å²) in [7, 11) is 3.01. The zero-order valence-electron chi connectivity index (χ0n) is 22.9. The van der Waals surface area contributed by atoms with Gasteiger partial charge in [-0.25, -0.2) is 0 Å². The van der Waals surface area contributed by atoms with Gasteiger partial charge in [-0.15, -0.1) is 0 Å². The van der Waals surface area contributed by atoms with E-state index >= 15 is 0 Å². The largest absolute Gasteiger partial charge is 0.493 e. The van der Waals surface area contributed by atoms with Gasteiger partial charge in [-0.3, -0.25) is 19.3 Å². The third-order valence-corrected chi connectivity index (χ3v) is 6.73. The van der Waals surface area contributed by atoms with E-state index in [1.54, 1.807) is 61.7 Å². The maximum Gasteiger partial charge on any atom is 0.293 e. The van der Waals surface area contributed by atoms with Gasteiger partial charge >= 0.3 is 0 Å². The monoisotopic (exact) mass is 578 g/mol. The summed E-state index contributed by atoms with van der Waals surface area (Å²) in [6.07, 6.45) is 1.61. The molecule has 1 fully saturated rings. The highest BCUT2D eigenvalue weighted by molar-refractivity contribution is 8.18. The molecule has 41 heavy (non-hydrogen) atoms. The van der Waals surface area contributed by atoms with Crippen molar-refractivity contribution in [3.63, 3.8) is 0 Å². The number of hydrogen-bond acceptors (Lipinski definition) is 9. The fraction of sp³-hybridized carbons (Fsp3) is 0.233. The van der Waals surface area contributed by atoms with Crippen molar-refractivity contribution in [1.29, 1.82) is 0 Å². The highest BCUT2D eigenvalue weighted by atomic mass is 32.2. The number of hydrogen-bond donors (Lipinski definition) is 1. The number of carbonyl (C=O) groups is 3. The Kier molecular flexibility index (Phi) is 10.1. The maximum absolute atomic E-state index is 12.9. The van der Waals surface area contributed by atoms with Crippen LogP contribution in [0.3, 0.4) is 0 Å². The molecule has 0 unspecified atom stereocenters. The van der Waals surface area contributed by atoms with E-state index in [9.17, 15) is 14.4 Å². The molecule has 0 aromatic heterocycles. The zero-order chi connectivity index (χ0) is 29.2. The second-order valence-corrected chi connectivity index (χ2v) is 9.50. The number of carbonyl (C=O) groups excluding carboxylic acids is 3. The Balaban J connectivity index is 1.36. The average molecular weight is 579 g/mol. The van der Waals surface area contributed by atoms with Crippen molar-refractivity contribution < 1.29 is 38.1 Å². The van der Waals surface area contributed by atoms with E-state index in [4.69, 9.17) is 23.7 Å². The number of para-hydroxylation sites is 4. The van der Waals surface area contributed by atoms with E-state index in [-0.39, 0.29) is 35.8 Å². The van der Waals surface area contributed by atoms with Gasteiger partial charge in [0.25, 0.3) is 17.1 Å². The molecule has 0 aliphatic carbocycles. The van der Waals surface area contributed by atoms with Gasteiger partial charge in [0.2, 0.25) is 0 Å². The Morgan fingerprint density at radius 2 is 1.54 bits per heavy atom. The minimum absolute atomic E-state index is 0.0905. The number of thioether (sulfide) groups is 1. The van der Waals surface area contributed by atoms with Gasteiger partial charge in [0, 0.05) is 0 Å². The summed E-state index contributed by atoms with van der Waals surface area (Å²) in [6, 6.07) is 19.3. The molecule has 1 aliphatic rings. The summed E-state index contributed by atoms with van der Waals surface area (Å²) in [6.45, 7) is 2.29. The molecular formula is C30H30N2O8S. The van der Waals surface area contributed by atoms with Crippen molar-refractivity contribution >= 4 is 40.6 Å². The van der Waals surface area contributed by atoms with E-state index in [1.165, 1.54) is 7.11 Å². The molecule has 1 N–H and O–H groups in total. The number of amides is 3. The molecule has 1 heterocycles. The molecule has 214 valence electrons. The van der Waals surface area contributed by atoms with Gasteiger partial charge < -0.3 is 29.0 Å². The number of nitrogens with zero attached hydrogens (tertiary/aromatic N) is 1. The fourth-order valence-electron chi connectivity index (χ4n) is 3.90. The van der Waals surface area contributed by atoms with Crippen molar-refractivity contribution in [2.45, 2.75) is 6.92 Å². The van der Waals surface area contributed by atoms with Gasteiger partial charge in [-0.2, -0.15) is 0 Å². The van der Waals surface area contributed by atoms with Gasteiger partial charge in [0.1, 0.15) is 12.4 Å². The molecule has 4 rings (SSSR count). The Hall–Kier alpha value is -4.64. The van der Waals surface area contributed by atoms with E-state index in [2.05, 4.69) is 5.32 Å². The molecule has 11 heteroatoms. The Morgan fingerprint density at radius 1 is 0.854 bits per heavy atom. The van der Waals surface area contributed by atoms with Gasteiger partial charge in [0.05, 0.1) is 38.0 Å². The first kappa shape index (κ1) is 29.3. The molecule has 10 nitrogen and oxygen atoms in total. The molecule has 0 atom stereocenters. The summed E-state index contributed by atoms with van der Waals surface area (Å²) in [4.78, 5) is 39.4. The first-order chi connectivity index (χ1) is 19.9. The predicted molar refractivity (Wildman–Crippen MR) is 156 cm³/mol. The SMILES string of the molecule is CCOc1ccccc1NC(=O)COc1ccc(/C=C2\SC(=O)N(CCOc3ccccc3OC)C2=O)cc1OC. The molecular weight excluding hydrogens is 548 g/mol. The molecule has 3 amide bonds. The summed E-state index contributed by atoms with van der Waals surface area (Å²) >= 11 is 0.851. The summed E-state index contributed by atoms with van der Waals surface area (Å²) in [5, 5.41) is 2.39. The van der Waals surface area contributed by atoms with Crippen molar-refractivity contribution in [3.8, 4) is 28.7 Å². The van der Waals surface area contributed by atoms with Crippen LogP contribution in [0.25, 0.3) is 6.08 Å². The molecule has 0 bridgehead atoms. The first-order valence-electron chi connectivity index (χ1n) is 12.8. The van der Waals surface area contributed by atoms with Crippen LogP contribution >= 0.6 is 11.8 Å². The lowest BCUT2D eigenvalue weighted by Crippen LogP contribution is -2.32. The number of ether oxygens (including phenoxy) is 5. The normalized spacial score (nSPS) is 13.7. The number of methoxy groups -OCH3 is 2. The number of nitrogens with one attached hydrogen (secondary N) is 1. The standard InChI is InChI=1S/C30H30N2O8S/c1-4-38-22-10-6-5-9-21(22)31-28(33)19-40-25-14-13-20(17-26(25)37-3)18-27-29(34)32(30(35)41-27)15-16-39-24-12-8-7-11-23(24)36-2/h5-14,17-18H,4,15-16,19H2,1-3H3,(H,31,33)/b27-18-. The van der Waals surface area contributed by atoms with Crippen LogP contribution < -0.4 is 29.0 Å². The summed E-state index contributed by atoms with van der Waals surface area (Å²) in [5.41, 5.74) is 1.17. The minimum Gasteiger partial charge on any atom is -0.493 e. The van der Waals surface area contributed by atoms with Crippen LogP contribution in [-0.2, 0) is 9.59 Å². The van der Waals surface area contributed by atoms with Gasteiger partial charge in [-0.05, 0) is 66.7 Å². The highest BCUT2D eigenvalue weighted by Gasteiger charge is 2.35. The second kappa shape index (κ2) is 14.1. The number of anilines is 1. The molecule has 3 aromatic rings. The molecule has 0 saturated carbocycles. The molecule has 0 spiro atoms. The zero-order valence-corrected chi connectivity index (χ0v) is 23.7. The molecule has 0 radical (unpaired) electrons. The molecule has 1 aliphatic heterocycles. The van der Waals surface area contributed by atoms with Crippen LogP contribution in [0.4, 0.5) is 10.5 Å². The van der Waals surface area contributed by atoms with Crippen molar-refractivity contribution in [3.05, 3.63) is 77.2 Å². The van der Waals surface area contributed by atoms with Crippen LogP contribution in [-0.4, -0.2) is 62.5 Å². The summed E-state index contributed by atoms with van der Waals surface area (Å²) in [5.74, 6) is 1.59. The Morgan fingerprint density at radius 3 is 2.27 bits per heavy atom. The topological polar surface area (TPSA) is 113 Å². The van der Waals surface area contributed by atoms with E-state index in [0.717, 1.165) is 16.7 Å². The average Bonchev–Trinajstić information content (AvgIpc) is 3.25. The lowest BCUT2D eigenvalue weighted by molar-refractivity contribution is -0.123. The van der Waals surface area contributed by atoms with Crippen molar-refractivity contribution in [2.24, 2.45) is 0 Å². The van der Waals surface area contributed by atoms with Crippen LogP contribution in [0.15, 0.2) is 71.6 Å². The molecule has 1 saturated heterocycles. The predicted octanol–water partition coefficient (Wildman–Crippen LogP) is 5.24. The van der Waals surface area contributed by atoms with E-state index in [0.29, 0.717) is 46.6 Å². The first-order valence-corrected chi connectivity index (χ1v) is 13.6. The van der Waals surface area contributed by atoms with E-state index in [1.807, 2.05) is 25.1 Å². The Labute approximate surface area is 242 Å². The lowest BCUT2D eigenvalue weighted by Gasteiger charge is -2.14. The second-order valence-electron chi connectivity index (χ2n) is 8.51. The van der Waals surface area contributed by atoms with Crippen LogP contribution in [0.2, 0.25) is 0 Å². The lowest BCUT2D eigenvalue weighted by atomic mass is 10.2. The maximum atomic E-state index is 12.9. The highest BCUT2D eigenvalue weighted by Crippen LogP contribution is 2.35. The van der Waals surface area contributed by atoms with Crippen molar-refractivity contribution in [1.82, 2.24) is 4.90 Å². The van der Waals surface area contributed by atoms with E-state index < -0.39 is 5.91 Å². The van der Waals surface area contributed by atoms with Gasteiger partial charge in [-0.1, -0.05) is 30.3 Å². The third kappa shape index (κ3) is 7.52. The number of benzene rings is 3. The quantitative estimate of drug-likeness (QED) is 0.272. The van der Waals surface area contributed by atoms with Crippen LogP contribution in [0, 0.1) is 0 Å². The Bertz CT molecular complexity index is 1440. The smallest absolute Gasteiger partial charge is 0.293 e. The van der Waals surface area contributed by atoms with Crippen molar-refractivity contribution in [2.75, 3.05) is 45.9 Å². The minimum atomic E-state index is -0.410. The van der Waals surface area contributed by atoms with Crippen LogP contribution in [0.1, 0.15) is 12.5 Å². The number of imide groups is 1.